The molecule has 2 N–H and O–H groups in total. The van der Waals surface area contributed by atoms with Crippen LogP contribution in [0, 0.1) is 0 Å². The normalized spacial score (nSPS) is 8.40. The Balaban J connectivity index is 0. The van der Waals surface area contributed by atoms with Crippen molar-refractivity contribution in [1.82, 2.24) is 0 Å². The third-order valence-electron chi connectivity index (χ3n) is 2.36. The van der Waals surface area contributed by atoms with Gasteiger partial charge in [-0.05, 0) is 11.6 Å². The first-order valence-corrected chi connectivity index (χ1v) is 7.68. The first kappa shape index (κ1) is 24.6. The van der Waals surface area contributed by atoms with Gasteiger partial charge in [0.25, 0.3) is 0 Å². The van der Waals surface area contributed by atoms with Crippen LogP contribution in [0.4, 0.5) is 0 Å². The summed E-state index contributed by atoms with van der Waals surface area (Å²) in [5, 5.41) is 16.4. The highest BCUT2D eigenvalue weighted by Crippen LogP contribution is 1.97. The van der Waals surface area contributed by atoms with Gasteiger partial charge >= 0.3 is 5.97 Å². The van der Waals surface area contributed by atoms with Gasteiger partial charge in [-0.2, -0.15) is 0 Å². The second-order valence-electron chi connectivity index (χ2n) is 4.31. The second kappa shape index (κ2) is 19.4. The fourth-order valence-corrected chi connectivity index (χ4v) is 1.12. The molecule has 0 bridgehead atoms. The number of hydrogen-bond acceptors (Lipinski definition) is 5. The molecule has 138 valence electrons. The van der Waals surface area contributed by atoms with Crippen molar-refractivity contribution in [2.45, 2.75) is 6.42 Å². The van der Waals surface area contributed by atoms with Gasteiger partial charge in [-0.3, -0.25) is 0 Å². The zero-order chi connectivity index (χ0) is 19.3. The van der Waals surface area contributed by atoms with Gasteiger partial charge in [-0.1, -0.05) is 62.7 Å². The molecule has 0 aliphatic rings. The van der Waals surface area contributed by atoms with Gasteiger partial charge in [0, 0.05) is 19.1 Å². The molecule has 0 aliphatic carbocycles. The van der Waals surface area contributed by atoms with Crippen molar-refractivity contribution in [2.24, 2.45) is 0 Å². The minimum atomic E-state index is -0.501. The van der Waals surface area contributed by atoms with E-state index < -0.39 is 5.97 Å². The van der Waals surface area contributed by atoms with Crippen LogP contribution in [0.15, 0.2) is 74.6 Å². The molecule has 0 atom stereocenters. The molecular weight excluding hydrogens is 320 g/mol. The number of rotatable bonds is 9. The molecule has 0 fully saturated rings. The minimum absolute atomic E-state index is 0.0465. The Labute approximate surface area is 150 Å². The summed E-state index contributed by atoms with van der Waals surface area (Å²) < 4.78 is 9.29. The number of carbonyl (C=O) groups is 1. The number of esters is 1. The largest absolute Gasteiger partial charge is 0.494 e. The SMILES string of the molecule is C=CC(=C)OCCCO.C=CC(=O)OCCO.C=Cc1ccccc1. The van der Waals surface area contributed by atoms with Crippen LogP contribution in [0.5, 0.6) is 0 Å². The lowest BCUT2D eigenvalue weighted by molar-refractivity contribution is -0.138. The van der Waals surface area contributed by atoms with E-state index in [4.69, 9.17) is 14.9 Å². The van der Waals surface area contributed by atoms with Crippen LogP contribution in [-0.2, 0) is 14.3 Å². The third kappa shape index (κ3) is 19.3. The van der Waals surface area contributed by atoms with Crippen molar-refractivity contribution in [1.29, 1.82) is 0 Å². The highest BCUT2D eigenvalue weighted by Gasteiger charge is 1.90. The fourth-order valence-electron chi connectivity index (χ4n) is 1.12. The highest BCUT2D eigenvalue weighted by molar-refractivity contribution is 5.81. The highest BCUT2D eigenvalue weighted by atomic mass is 16.5. The van der Waals surface area contributed by atoms with Crippen molar-refractivity contribution in [2.75, 3.05) is 26.4 Å². The smallest absolute Gasteiger partial charge is 0.330 e. The second-order valence-corrected chi connectivity index (χ2v) is 4.31. The lowest BCUT2D eigenvalue weighted by Gasteiger charge is -2.01. The van der Waals surface area contributed by atoms with Gasteiger partial charge in [-0.15, -0.1) is 0 Å². The van der Waals surface area contributed by atoms with Crippen LogP contribution >= 0.6 is 0 Å². The van der Waals surface area contributed by atoms with E-state index in [2.05, 4.69) is 31.1 Å². The zero-order valence-corrected chi connectivity index (χ0v) is 14.6. The van der Waals surface area contributed by atoms with Gasteiger partial charge in [0.15, 0.2) is 0 Å². The summed E-state index contributed by atoms with van der Waals surface area (Å²) in [6.45, 7) is 14.3. The molecule has 0 amide bonds. The maximum Gasteiger partial charge on any atom is 0.330 e. The summed E-state index contributed by atoms with van der Waals surface area (Å²) in [5.41, 5.74) is 1.17. The van der Waals surface area contributed by atoms with E-state index in [-0.39, 0.29) is 19.8 Å². The molecular formula is C20H28O5. The molecule has 0 heterocycles. The van der Waals surface area contributed by atoms with Gasteiger partial charge in [0.2, 0.25) is 0 Å². The van der Waals surface area contributed by atoms with Crippen molar-refractivity contribution in [3.05, 3.63) is 80.1 Å². The topological polar surface area (TPSA) is 76.0 Å². The summed E-state index contributed by atoms with van der Waals surface area (Å²) in [5.74, 6) is 0.0579. The van der Waals surface area contributed by atoms with E-state index in [1.807, 2.05) is 36.4 Å². The van der Waals surface area contributed by atoms with E-state index >= 15 is 0 Å². The standard InChI is InChI=1S/C8H8.C7H12O2.C5H8O3/c1-2-8-6-4-3-5-7-8;1-3-7(2)9-6-4-5-8;1-2-5(7)8-4-3-6/h2-7H,1H2;3,8H,1-2,4-6H2;2,6H,1,3-4H2. The molecule has 0 spiro atoms. The average Bonchev–Trinajstić information content (AvgIpc) is 2.67. The summed E-state index contributed by atoms with van der Waals surface area (Å²) >= 11 is 0. The number of aliphatic hydroxyl groups excluding tert-OH is 2. The van der Waals surface area contributed by atoms with Gasteiger partial charge in [0.1, 0.15) is 12.4 Å². The molecule has 0 saturated heterocycles. The van der Waals surface area contributed by atoms with Crippen molar-refractivity contribution in [3.8, 4) is 0 Å². The number of benzene rings is 1. The zero-order valence-electron chi connectivity index (χ0n) is 14.6. The van der Waals surface area contributed by atoms with Crippen molar-refractivity contribution >= 4 is 12.0 Å². The maximum atomic E-state index is 10.1. The molecule has 0 radical (unpaired) electrons. The number of carbonyl (C=O) groups excluding carboxylic acids is 1. The van der Waals surface area contributed by atoms with Crippen LogP contribution in [0.25, 0.3) is 6.08 Å². The predicted octanol–water partition coefficient (Wildman–Crippen LogP) is 3.12. The summed E-state index contributed by atoms with van der Waals surface area (Å²) in [4.78, 5) is 10.1. The monoisotopic (exact) mass is 348 g/mol. The molecule has 0 unspecified atom stereocenters. The van der Waals surface area contributed by atoms with Crippen molar-refractivity contribution < 1.29 is 24.5 Å². The number of ether oxygens (including phenoxy) is 2. The van der Waals surface area contributed by atoms with Crippen LogP contribution in [-0.4, -0.2) is 42.6 Å². The van der Waals surface area contributed by atoms with E-state index in [9.17, 15) is 4.79 Å². The van der Waals surface area contributed by atoms with Crippen LogP contribution < -0.4 is 0 Å². The predicted molar refractivity (Wildman–Crippen MR) is 102 cm³/mol. The number of hydrogen-bond donors (Lipinski definition) is 2. The van der Waals surface area contributed by atoms with Crippen LogP contribution in [0.1, 0.15) is 12.0 Å². The number of allylic oxidation sites excluding steroid dienone is 1. The Morgan fingerprint density at radius 3 is 2.00 bits per heavy atom. The third-order valence-corrected chi connectivity index (χ3v) is 2.36. The molecule has 1 aromatic carbocycles. The molecule has 1 rings (SSSR count). The van der Waals surface area contributed by atoms with E-state index in [1.165, 1.54) is 11.6 Å². The molecule has 0 aromatic heterocycles. The molecule has 0 aliphatic heterocycles. The maximum absolute atomic E-state index is 10.1. The Morgan fingerprint density at radius 2 is 1.60 bits per heavy atom. The lowest BCUT2D eigenvalue weighted by Crippen LogP contribution is -2.04. The Kier molecular flexibility index (Phi) is 19.1. The molecule has 1 aromatic rings. The Bertz CT molecular complexity index is 494. The Morgan fingerprint density at radius 1 is 0.960 bits per heavy atom. The van der Waals surface area contributed by atoms with E-state index in [1.54, 1.807) is 0 Å². The van der Waals surface area contributed by atoms with Crippen LogP contribution in [0.2, 0.25) is 0 Å². The van der Waals surface area contributed by atoms with Crippen LogP contribution in [0.3, 0.4) is 0 Å². The summed E-state index contributed by atoms with van der Waals surface area (Å²) in [7, 11) is 0. The first-order valence-electron chi connectivity index (χ1n) is 7.68. The van der Waals surface area contributed by atoms with E-state index in [0.717, 1.165) is 6.08 Å². The van der Waals surface area contributed by atoms with Gasteiger partial charge in [0.05, 0.1) is 13.2 Å². The summed E-state index contributed by atoms with van der Waals surface area (Å²) in [6.07, 6.45) is 5.07. The fraction of sp³-hybridized carbons (Fsp3) is 0.250. The van der Waals surface area contributed by atoms with Gasteiger partial charge in [-0.25, -0.2) is 4.79 Å². The average molecular weight is 348 g/mol. The summed E-state index contributed by atoms with van der Waals surface area (Å²) in [6, 6.07) is 10.0. The molecule has 25 heavy (non-hydrogen) atoms. The van der Waals surface area contributed by atoms with Crippen molar-refractivity contribution in [3.63, 3.8) is 0 Å². The lowest BCUT2D eigenvalue weighted by atomic mass is 10.2. The first-order chi connectivity index (χ1) is 12.0. The molecule has 5 heteroatoms. The molecule has 0 saturated carbocycles. The number of aliphatic hydroxyl groups is 2. The molecule has 5 nitrogen and oxygen atoms in total. The van der Waals surface area contributed by atoms with Gasteiger partial charge < -0.3 is 19.7 Å². The Hall–Kier alpha value is -2.63. The minimum Gasteiger partial charge on any atom is -0.494 e. The quantitative estimate of drug-likeness (QED) is 0.236. The van der Waals surface area contributed by atoms with E-state index in [0.29, 0.717) is 18.8 Å².